The molecule has 0 radical (unpaired) electrons. The second-order valence-corrected chi connectivity index (χ2v) is 6.06. The summed E-state index contributed by atoms with van der Waals surface area (Å²) in [6, 6.07) is 0.0152. The molecular weight excluding hydrogens is 202 g/mol. The largest absolute Gasteiger partial charge is 0.377 e. The van der Waals surface area contributed by atoms with Gasteiger partial charge in [-0.15, -0.1) is 0 Å². The molecule has 0 saturated carbocycles. The Bertz CT molecular complexity index is 257. The van der Waals surface area contributed by atoms with Crippen LogP contribution in [0.4, 0.5) is 0 Å². The Labute approximate surface area is 85.9 Å². The predicted molar refractivity (Wildman–Crippen MR) is 56.1 cm³/mol. The molecule has 14 heavy (non-hydrogen) atoms. The van der Waals surface area contributed by atoms with Crippen LogP contribution in [0.3, 0.4) is 0 Å². The van der Waals surface area contributed by atoms with Crippen molar-refractivity contribution in [2.45, 2.75) is 31.9 Å². The molecule has 2 atom stereocenters. The smallest absolute Gasteiger partial charge is 0.154 e. The molecule has 1 heterocycles. The lowest BCUT2D eigenvalue weighted by Crippen LogP contribution is -2.33. The molecule has 0 aromatic heterocycles. The Morgan fingerprint density at radius 1 is 1.57 bits per heavy atom. The SMILES string of the molecule is CNC(C)CS(=O)(=O)CC1CCCO1. The molecule has 1 fully saturated rings. The molecule has 1 N–H and O–H groups in total. The number of rotatable bonds is 5. The van der Waals surface area contributed by atoms with Crippen LogP contribution in [0.1, 0.15) is 19.8 Å². The van der Waals surface area contributed by atoms with Gasteiger partial charge in [0, 0.05) is 12.6 Å². The predicted octanol–water partition coefficient (Wildman–Crippen LogP) is 0.188. The highest BCUT2D eigenvalue weighted by atomic mass is 32.2. The van der Waals surface area contributed by atoms with E-state index in [-0.39, 0.29) is 23.7 Å². The van der Waals surface area contributed by atoms with Gasteiger partial charge < -0.3 is 10.1 Å². The van der Waals surface area contributed by atoms with Crippen molar-refractivity contribution in [1.29, 1.82) is 0 Å². The molecule has 0 bridgehead atoms. The molecule has 4 nitrogen and oxygen atoms in total. The Hall–Kier alpha value is -0.130. The van der Waals surface area contributed by atoms with Crippen molar-refractivity contribution in [3.63, 3.8) is 0 Å². The van der Waals surface area contributed by atoms with Crippen LogP contribution in [0.25, 0.3) is 0 Å². The first-order valence-electron chi connectivity index (χ1n) is 5.03. The topological polar surface area (TPSA) is 55.4 Å². The van der Waals surface area contributed by atoms with E-state index < -0.39 is 9.84 Å². The van der Waals surface area contributed by atoms with E-state index in [1.54, 1.807) is 7.05 Å². The lowest BCUT2D eigenvalue weighted by atomic mass is 10.3. The highest BCUT2D eigenvalue weighted by Crippen LogP contribution is 2.14. The fourth-order valence-electron chi connectivity index (χ4n) is 1.59. The minimum atomic E-state index is -2.96. The van der Waals surface area contributed by atoms with Gasteiger partial charge in [-0.1, -0.05) is 0 Å². The third-order valence-corrected chi connectivity index (χ3v) is 4.35. The minimum Gasteiger partial charge on any atom is -0.377 e. The fourth-order valence-corrected chi connectivity index (χ4v) is 3.49. The van der Waals surface area contributed by atoms with E-state index >= 15 is 0 Å². The quantitative estimate of drug-likeness (QED) is 0.720. The zero-order valence-corrected chi connectivity index (χ0v) is 9.64. The first-order chi connectivity index (χ1) is 6.53. The van der Waals surface area contributed by atoms with Crippen molar-refractivity contribution in [1.82, 2.24) is 5.32 Å². The van der Waals surface area contributed by atoms with Crippen LogP contribution >= 0.6 is 0 Å². The van der Waals surface area contributed by atoms with Crippen LogP contribution in [0, 0.1) is 0 Å². The molecule has 0 aliphatic carbocycles. The molecule has 2 unspecified atom stereocenters. The van der Waals surface area contributed by atoms with Crippen LogP contribution < -0.4 is 5.32 Å². The first kappa shape index (κ1) is 11.9. The zero-order valence-electron chi connectivity index (χ0n) is 8.82. The summed E-state index contributed by atoms with van der Waals surface area (Å²) in [7, 11) is -1.19. The summed E-state index contributed by atoms with van der Waals surface area (Å²) in [5.74, 6) is 0.377. The van der Waals surface area contributed by atoms with E-state index in [2.05, 4.69) is 5.32 Å². The fraction of sp³-hybridized carbons (Fsp3) is 1.00. The molecule has 0 amide bonds. The highest BCUT2D eigenvalue weighted by Gasteiger charge is 2.24. The summed E-state index contributed by atoms with van der Waals surface area (Å²) < 4.78 is 28.6. The molecule has 1 rings (SSSR count). The van der Waals surface area contributed by atoms with Gasteiger partial charge in [0.1, 0.15) is 0 Å². The molecular formula is C9H19NO3S. The van der Waals surface area contributed by atoms with E-state index in [9.17, 15) is 8.42 Å². The van der Waals surface area contributed by atoms with E-state index in [4.69, 9.17) is 4.74 Å². The summed E-state index contributed by atoms with van der Waals surface area (Å²) in [6.45, 7) is 2.58. The van der Waals surface area contributed by atoms with Gasteiger partial charge >= 0.3 is 0 Å². The minimum absolute atomic E-state index is 0.0152. The molecule has 0 aromatic rings. The van der Waals surface area contributed by atoms with Crippen LogP contribution in [0.5, 0.6) is 0 Å². The third kappa shape index (κ3) is 3.94. The number of hydrogen-bond acceptors (Lipinski definition) is 4. The van der Waals surface area contributed by atoms with Crippen molar-refractivity contribution in [3.05, 3.63) is 0 Å². The maximum absolute atomic E-state index is 11.6. The summed E-state index contributed by atoms with van der Waals surface area (Å²) in [5, 5.41) is 2.93. The lowest BCUT2D eigenvalue weighted by Gasteiger charge is -2.13. The van der Waals surface area contributed by atoms with Crippen molar-refractivity contribution in [2.24, 2.45) is 0 Å². The van der Waals surface area contributed by atoms with E-state index in [1.807, 2.05) is 6.92 Å². The molecule has 5 heteroatoms. The Morgan fingerprint density at radius 3 is 2.79 bits per heavy atom. The van der Waals surface area contributed by atoms with Crippen molar-refractivity contribution >= 4 is 9.84 Å². The maximum Gasteiger partial charge on any atom is 0.154 e. The zero-order chi connectivity index (χ0) is 10.6. The molecule has 0 aromatic carbocycles. The van der Waals surface area contributed by atoms with E-state index in [0.29, 0.717) is 6.61 Å². The molecule has 0 spiro atoms. The van der Waals surface area contributed by atoms with Gasteiger partial charge in [0.05, 0.1) is 17.6 Å². The van der Waals surface area contributed by atoms with Gasteiger partial charge in [0.2, 0.25) is 0 Å². The van der Waals surface area contributed by atoms with Gasteiger partial charge in [-0.05, 0) is 26.8 Å². The number of ether oxygens (including phenoxy) is 1. The first-order valence-corrected chi connectivity index (χ1v) is 6.85. The van der Waals surface area contributed by atoms with E-state index in [1.165, 1.54) is 0 Å². The second kappa shape index (κ2) is 5.09. The highest BCUT2D eigenvalue weighted by molar-refractivity contribution is 7.91. The van der Waals surface area contributed by atoms with Crippen molar-refractivity contribution < 1.29 is 13.2 Å². The Morgan fingerprint density at radius 2 is 2.29 bits per heavy atom. The van der Waals surface area contributed by atoms with E-state index in [0.717, 1.165) is 12.8 Å². The standard InChI is InChI=1S/C9H19NO3S/c1-8(10-2)6-14(11,12)7-9-4-3-5-13-9/h8-10H,3-7H2,1-2H3. The van der Waals surface area contributed by atoms with Gasteiger partial charge in [0.25, 0.3) is 0 Å². The van der Waals surface area contributed by atoms with Crippen molar-refractivity contribution in [3.8, 4) is 0 Å². The molecule has 1 aliphatic heterocycles. The summed E-state index contributed by atoms with van der Waals surface area (Å²) >= 11 is 0. The van der Waals surface area contributed by atoms with Gasteiger partial charge in [0.15, 0.2) is 9.84 Å². The summed E-state index contributed by atoms with van der Waals surface area (Å²) in [5.41, 5.74) is 0. The average Bonchev–Trinajstić information content (AvgIpc) is 2.54. The summed E-state index contributed by atoms with van der Waals surface area (Å²) in [4.78, 5) is 0. The molecule has 84 valence electrons. The maximum atomic E-state index is 11.6. The number of nitrogens with one attached hydrogen (secondary N) is 1. The normalized spacial score (nSPS) is 25.1. The third-order valence-electron chi connectivity index (χ3n) is 2.46. The molecule has 1 saturated heterocycles. The van der Waals surface area contributed by atoms with Gasteiger partial charge in [-0.3, -0.25) is 0 Å². The monoisotopic (exact) mass is 221 g/mol. The number of hydrogen-bond donors (Lipinski definition) is 1. The molecule has 1 aliphatic rings. The van der Waals surface area contributed by atoms with Crippen LogP contribution in [0.2, 0.25) is 0 Å². The summed E-state index contributed by atoms with van der Waals surface area (Å²) in [6.07, 6.45) is 1.80. The van der Waals surface area contributed by atoms with Gasteiger partial charge in [-0.25, -0.2) is 8.42 Å². The average molecular weight is 221 g/mol. The van der Waals surface area contributed by atoms with Crippen LogP contribution in [0.15, 0.2) is 0 Å². The second-order valence-electron chi connectivity index (χ2n) is 3.90. The Balaban J connectivity index is 2.40. The number of sulfone groups is 1. The lowest BCUT2D eigenvalue weighted by molar-refractivity contribution is 0.127. The van der Waals surface area contributed by atoms with Crippen molar-refractivity contribution in [2.75, 3.05) is 25.2 Å². The Kier molecular flexibility index (Phi) is 4.34. The van der Waals surface area contributed by atoms with Crippen LogP contribution in [-0.4, -0.2) is 45.7 Å². The van der Waals surface area contributed by atoms with Crippen LogP contribution in [-0.2, 0) is 14.6 Å². The van der Waals surface area contributed by atoms with Gasteiger partial charge in [-0.2, -0.15) is 0 Å².